The minimum absolute atomic E-state index is 0.0661. The van der Waals surface area contributed by atoms with Gasteiger partial charge < -0.3 is 20.7 Å². The number of methoxy groups -OCH3 is 1. The Morgan fingerprint density at radius 1 is 1.41 bits per heavy atom. The molecule has 22 heavy (non-hydrogen) atoms. The van der Waals surface area contributed by atoms with Crippen LogP contribution in [0.25, 0.3) is 0 Å². The lowest BCUT2D eigenvalue weighted by molar-refractivity contribution is -0.118. The van der Waals surface area contributed by atoms with Crippen LogP contribution in [0.4, 0.5) is 5.69 Å². The Morgan fingerprint density at radius 2 is 2.05 bits per heavy atom. The van der Waals surface area contributed by atoms with E-state index in [0.29, 0.717) is 16.3 Å². The van der Waals surface area contributed by atoms with Crippen molar-refractivity contribution >= 4 is 29.1 Å². The second-order valence-electron chi connectivity index (χ2n) is 5.26. The van der Waals surface area contributed by atoms with Crippen molar-refractivity contribution in [2.45, 2.75) is 25.9 Å². The smallest absolute Gasteiger partial charge is 0.253 e. The van der Waals surface area contributed by atoms with Crippen LogP contribution in [0.3, 0.4) is 0 Å². The van der Waals surface area contributed by atoms with Crippen molar-refractivity contribution in [1.29, 1.82) is 0 Å². The zero-order valence-corrected chi connectivity index (χ0v) is 14.0. The molecule has 0 aromatic heterocycles. The zero-order chi connectivity index (χ0) is 16.9. The molecule has 1 rings (SSSR count). The lowest BCUT2D eigenvalue weighted by Gasteiger charge is -2.22. The highest BCUT2D eigenvalue weighted by Crippen LogP contribution is 2.24. The topological polar surface area (TPSA) is 84.7 Å². The average Bonchev–Trinajstić information content (AvgIpc) is 2.47. The number of halogens is 1. The van der Waals surface area contributed by atoms with Gasteiger partial charge in [-0.25, -0.2) is 0 Å². The fourth-order valence-corrected chi connectivity index (χ4v) is 1.84. The molecule has 6 nitrogen and oxygen atoms in total. The number of hydrogen-bond acceptors (Lipinski definition) is 4. The fourth-order valence-electron chi connectivity index (χ4n) is 1.67. The van der Waals surface area contributed by atoms with Crippen molar-refractivity contribution in [2.24, 2.45) is 5.73 Å². The Hall–Kier alpha value is -1.63. The van der Waals surface area contributed by atoms with E-state index < -0.39 is 11.9 Å². The van der Waals surface area contributed by atoms with E-state index in [1.807, 2.05) is 13.8 Å². The van der Waals surface area contributed by atoms with Crippen LogP contribution in [-0.4, -0.2) is 49.6 Å². The number of amides is 2. The van der Waals surface area contributed by atoms with E-state index in [4.69, 9.17) is 22.1 Å². The molecule has 0 aliphatic rings. The first-order chi connectivity index (χ1) is 10.3. The van der Waals surface area contributed by atoms with Gasteiger partial charge in [0.05, 0.1) is 17.3 Å². The first-order valence-electron chi connectivity index (χ1n) is 6.90. The van der Waals surface area contributed by atoms with Gasteiger partial charge in [0.15, 0.2) is 0 Å². The quantitative estimate of drug-likeness (QED) is 0.833. The van der Waals surface area contributed by atoms with E-state index >= 15 is 0 Å². The molecular formula is C15H22ClN3O3. The van der Waals surface area contributed by atoms with Crippen LogP contribution in [0.1, 0.15) is 24.2 Å². The number of anilines is 1. The second-order valence-corrected chi connectivity index (χ2v) is 5.66. The predicted molar refractivity (Wildman–Crippen MR) is 87.2 cm³/mol. The van der Waals surface area contributed by atoms with E-state index in [0.717, 1.165) is 0 Å². The summed E-state index contributed by atoms with van der Waals surface area (Å²) in [7, 11) is 3.18. The Balaban J connectivity index is 2.95. The van der Waals surface area contributed by atoms with Gasteiger partial charge in [0.25, 0.3) is 5.91 Å². The summed E-state index contributed by atoms with van der Waals surface area (Å²) in [5.41, 5.74) is 6.45. The fraction of sp³-hybridized carbons (Fsp3) is 0.467. The molecular weight excluding hydrogens is 306 g/mol. The standard InChI is InChI=1S/C15H22ClN3O3/c1-9(2)19(3)15(21)10-5-6-11(16)13(7-10)18-14(20)12(17)8-22-4/h5-7,9,12H,8,17H2,1-4H3,(H,18,20). The predicted octanol–water partition coefficient (Wildman–Crippen LogP) is 1.73. The molecule has 0 radical (unpaired) electrons. The number of rotatable bonds is 6. The molecule has 0 aliphatic carbocycles. The maximum absolute atomic E-state index is 12.3. The van der Waals surface area contributed by atoms with Gasteiger partial charge in [0, 0.05) is 25.8 Å². The highest BCUT2D eigenvalue weighted by Gasteiger charge is 2.18. The van der Waals surface area contributed by atoms with Gasteiger partial charge in [-0.2, -0.15) is 0 Å². The number of ether oxygens (including phenoxy) is 1. The van der Waals surface area contributed by atoms with E-state index in [1.165, 1.54) is 7.11 Å². The summed E-state index contributed by atoms with van der Waals surface area (Å²) in [5.74, 6) is -0.575. The molecule has 1 aromatic rings. The molecule has 0 saturated carbocycles. The average molecular weight is 328 g/mol. The molecule has 0 saturated heterocycles. The Labute approximate surface area is 135 Å². The van der Waals surface area contributed by atoms with Crippen molar-refractivity contribution in [1.82, 2.24) is 4.90 Å². The third-order valence-electron chi connectivity index (χ3n) is 3.25. The minimum Gasteiger partial charge on any atom is -0.383 e. The van der Waals surface area contributed by atoms with E-state index in [2.05, 4.69) is 5.32 Å². The van der Waals surface area contributed by atoms with Gasteiger partial charge in [-0.15, -0.1) is 0 Å². The Morgan fingerprint density at radius 3 is 2.59 bits per heavy atom. The monoisotopic (exact) mass is 327 g/mol. The van der Waals surface area contributed by atoms with Crippen molar-refractivity contribution in [3.05, 3.63) is 28.8 Å². The molecule has 2 amide bonds. The van der Waals surface area contributed by atoms with Gasteiger partial charge >= 0.3 is 0 Å². The van der Waals surface area contributed by atoms with Crippen molar-refractivity contribution in [3.8, 4) is 0 Å². The first kappa shape index (κ1) is 18.4. The van der Waals surface area contributed by atoms with Crippen molar-refractivity contribution < 1.29 is 14.3 Å². The van der Waals surface area contributed by atoms with Gasteiger partial charge in [-0.3, -0.25) is 9.59 Å². The molecule has 1 atom stereocenters. The highest BCUT2D eigenvalue weighted by molar-refractivity contribution is 6.34. The Kier molecular flexibility index (Phi) is 6.80. The maximum Gasteiger partial charge on any atom is 0.253 e. The summed E-state index contributed by atoms with van der Waals surface area (Å²) < 4.78 is 4.83. The molecule has 7 heteroatoms. The molecule has 0 aliphatic heterocycles. The lowest BCUT2D eigenvalue weighted by Crippen LogP contribution is -2.39. The van der Waals surface area contributed by atoms with Crippen LogP contribution in [0.5, 0.6) is 0 Å². The second kappa shape index (κ2) is 8.12. The lowest BCUT2D eigenvalue weighted by atomic mass is 10.1. The molecule has 0 fully saturated rings. The SMILES string of the molecule is COCC(N)C(=O)Nc1cc(C(=O)N(C)C(C)C)ccc1Cl. The van der Waals surface area contributed by atoms with Crippen LogP contribution in [-0.2, 0) is 9.53 Å². The number of carbonyl (C=O) groups excluding carboxylic acids is 2. The van der Waals surface area contributed by atoms with Crippen LogP contribution in [0.15, 0.2) is 18.2 Å². The number of hydrogen-bond donors (Lipinski definition) is 2. The van der Waals surface area contributed by atoms with E-state index in [-0.39, 0.29) is 18.6 Å². The molecule has 0 heterocycles. The van der Waals surface area contributed by atoms with Crippen LogP contribution < -0.4 is 11.1 Å². The van der Waals surface area contributed by atoms with Crippen molar-refractivity contribution in [3.63, 3.8) is 0 Å². The minimum atomic E-state index is -0.807. The normalized spacial score (nSPS) is 12.1. The number of benzene rings is 1. The van der Waals surface area contributed by atoms with E-state index in [1.54, 1.807) is 30.1 Å². The number of nitrogens with zero attached hydrogens (tertiary/aromatic N) is 1. The van der Waals surface area contributed by atoms with Gasteiger partial charge in [0.2, 0.25) is 5.91 Å². The Bertz CT molecular complexity index is 549. The summed E-state index contributed by atoms with van der Waals surface area (Å²) in [6.07, 6.45) is 0. The van der Waals surface area contributed by atoms with Crippen molar-refractivity contribution in [2.75, 3.05) is 26.1 Å². The van der Waals surface area contributed by atoms with Gasteiger partial charge in [-0.05, 0) is 32.0 Å². The third kappa shape index (κ3) is 4.69. The first-order valence-corrected chi connectivity index (χ1v) is 7.27. The van der Waals surface area contributed by atoms with Crippen LogP contribution in [0.2, 0.25) is 5.02 Å². The number of carbonyl (C=O) groups is 2. The molecule has 0 bridgehead atoms. The van der Waals surface area contributed by atoms with Gasteiger partial charge in [0.1, 0.15) is 6.04 Å². The molecule has 122 valence electrons. The highest BCUT2D eigenvalue weighted by atomic mass is 35.5. The summed E-state index contributed by atoms with van der Waals surface area (Å²) in [4.78, 5) is 25.8. The number of nitrogens with two attached hydrogens (primary N) is 1. The molecule has 3 N–H and O–H groups in total. The van der Waals surface area contributed by atoms with Crippen LogP contribution >= 0.6 is 11.6 Å². The third-order valence-corrected chi connectivity index (χ3v) is 3.58. The molecule has 0 spiro atoms. The maximum atomic E-state index is 12.3. The van der Waals surface area contributed by atoms with Crippen LogP contribution in [0, 0.1) is 0 Å². The number of nitrogens with one attached hydrogen (secondary N) is 1. The molecule has 1 aromatic carbocycles. The summed E-state index contributed by atoms with van der Waals surface area (Å²) in [5, 5.41) is 2.95. The van der Waals surface area contributed by atoms with Gasteiger partial charge in [-0.1, -0.05) is 11.6 Å². The summed E-state index contributed by atoms with van der Waals surface area (Å²) in [6.45, 7) is 3.93. The largest absolute Gasteiger partial charge is 0.383 e. The summed E-state index contributed by atoms with van der Waals surface area (Å²) in [6, 6.07) is 3.99. The summed E-state index contributed by atoms with van der Waals surface area (Å²) >= 11 is 6.06. The van der Waals surface area contributed by atoms with E-state index in [9.17, 15) is 9.59 Å². The molecule has 1 unspecified atom stereocenters. The zero-order valence-electron chi connectivity index (χ0n) is 13.2.